The highest BCUT2D eigenvalue weighted by Crippen LogP contribution is 2.42. The highest BCUT2D eigenvalue weighted by molar-refractivity contribution is 7.85. The van der Waals surface area contributed by atoms with Crippen LogP contribution in [0.3, 0.4) is 0 Å². The molecule has 3 rings (SSSR count). The Kier molecular flexibility index (Phi) is 8.14. The van der Waals surface area contributed by atoms with Gasteiger partial charge in [0, 0.05) is 12.5 Å². The molecule has 8 nitrogen and oxygen atoms in total. The SMILES string of the molecule is C[C@@H]1C[C@@H](C(N)=O)N(C(=O)[C@@H](N)CCCCC/C=C\[C@@H]2C[C@@H]2C(=O)NS(=O)C2(C)CC2)C1. The van der Waals surface area contributed by atoms with Crippen LogP contribution in [0.15, 0.2) is 12.2 Å². The monoisotopic (exact) mass is 466 g/mol. The molecule has 2 saturated carbocycles. The molecule has 0 radical (unpaired) electrons. The van der Waals surface area contributed by atoms with E-state index in [-0.39, 0.29) is 34.3 Å². The first-order valence-corrected chi connectivity index (χ1v) is 13.0. The van der Waals surface area contributed by atoms with Crippen molar-refractivity contribution in [3.63, 3.8) is 0 Å². The van der Waals surface area contributed by atoms with Crippen LogP contribution < -0.4 is 16.2 Å². The summed E-state index contributed by atoms with van der Waals surface area (Å²) in [5, 5.41) is 0. The van der Waals surface area contributed by atoms with Crippen LogP contribution in [-0.4, -0.2) is 50.2 Å². The Morgan fingerprint density at radius 3 is 2.59 bits per heavy atom. The third-order valence-corrected chi connectivity index (χ3v) is 8.67. The van der Waals surface area contributed by atoms with Gasteiger partial charge in [-0.2, -0.15) is 0 Å². The Hall–Kier alpha value is -1.74. The quantitative estimate of drug-likeness (QED) is 0.296. The summed E-state index contributed by atoms with van der Waals surface area (Å²) >= 11 is 0. The minimum atomic E-state index is -1.26. The van der Waals surface area contributed by atoms with E-state index in [1.54, 1.807) is 4.90 Å². The van der Waals surface area contributed by atoms with Crippen LogP contribution in [0.4, 0.5) is 0 Å². The zero-order valence-corrected chi connectivity index (χ0v) is 20.1. The van der Waals surface area contributed by atoms with Crippen molar-refractivity contribution in [3.8, 4) is 0 Å². The van der Waals surface area contributed by atoms with Crippen LogP contribution in [0.5, 0.6) is 0 Å². The van der Waals surface area contributed by atoms with Gasteiger partial charge in [0.25, 0.3) is 0 Å². The molecular weight excluding hydrogens is 428 g/mol. The number of nitrogens with one attached hydrogen (secondary N) is 1. The third-order valence-electron chi connectivity index (χ3n) is 6.98. The second-order valence-corrected chi connectivity index (χ2v) is 11.8. The number of hydrogen-bond donors (Lipinski definition) is 3. The summed E-state index contributed by atoms with van der Waals surface area (Å²) < 4.78 is 14.5. The van der Waals surface area contributed by atoms with E-state index in [4.69, 9.17) is 11.5 Å². The molecule has 3 fully saturated rings. The summed E-state index contributed by atoms with van der Waals surface area (Å²) in [6, 6.07) is -1.12. The average molecular weight is 467 g/mol. The second kappa shape index (κ2) is 10.5. The van der Waals surface area contributed by atoms with E-state index in [0.717, 1.165) is 44.9 Å². The lowest BCUT2D eigenvalue weighted by molar-refractivity contribution is -0.138. The highest BCUT2D eigenvalue weighted by Gasteiger charge is 2.47. The molecule has 9 heteroatoms. The normalized spacial score (nSPS) is 30.2. The van der Waals surface area contributed by atoms with Crippen molar-refractivity contribution in [1.82, 2.24) is 9.62 Å². The fourth-order valence-electron chi connectivity index (χ4n) is 4.35. The second-order valence-electron chi connectivity index (χ2n) is 10.1. The number of carbonyl (C=O) groups excluding carboxylic acids is 3. The molecule has 0 spiro atoms. The van der Waals surface area contributed by atoms with E-state index in [1.165, 1.54) is 0 Å². The van der Waals surface area contributed by atoms with E-state index >= 15 is 0 Å². The summed E-state index contributed by atoms with van der Waals surface area (Å²) in [5.74, 6) is -0.243. The largest absolute Gasteiger partial charge is 0.368 e. The summed E-state index contributed by atoms with van der Waals surface area (Å²) in [4.78, 5) is 37.9. The van der Waals surface area contributed by atoms with Gasteiger partial charge in [0.15, 0.2) is 0 Å². The number of primary amides is 1. The Labute approximate surface area is 193 Å². The molecule has 0 aromatic carbocycles. The zero-order chi connectivity index (χ0) is 23.5. The lowest BCUT2D eigenvalue weighted by Crippen LogP contribution is -2.50. The van der Waals surface area contributed by atoms with Gasteiger partial charge in [0.1, 0.15) is 17.0 Å². The van der Waals surface area contributed by atoms with Crippen LogP contribution in [0.25, 0.3) is 0 Å². The number of nitrogens with two attached hydrogens (primary N) is 2. The van der Waals surface area contributed by atoms with Crippen molar-refractivity contribution in [3.05, 3.63) is 12.2 Å². The molecule has 6 atom stereocenters. The van der Waals surface area contributed by atoms with Gasteiger partial charge in [0.05, 0.1) is 10.8 Å². The fourth-order valence-corrected chi connectivity index (χ4v) is 5.40. The molecule has 1 aliphatic heterocycles. The number of hydrogen-bond acceptors (Lipinski definition) is 5. The number of likely N-dealkylation sites (tertiary alicyclic amines) is 1. The summed E-state index contributed by atoms with van der Waals surface area (Å²) in [6.45, 7) is 4.50. The van der Waals surface area contributed by atoms with E-state index in [2.05, 4.69) is 16.9 Å². The van der Waals surface area contributed by atoms with E-state index in [1.807, 2.05) is 13.8 Å². The minimum absolute atomic E-state index is 0.0425. The lowest BCUT2D eigenvalue weighted by Gasteiger charge is -2.25. The van der Waals surface area contributed by atoms with Gasteiger partial charge in [0.2, 0.25) is 17.7 Å². The van der Waals surface area contributed by atoms with Gasteiger partial charge in [-0.05, 0) is 63.7 Å². The molecule has 5 N–H and O–H groups in total. The molecule has 1 heterocycles. The molecule has 0 aromatic heterocycles. The molecule has 32 heavy (non-hydrogen) atoms. The maximum atomic E-state index is 12.6. The third kappa shape index (κ3) is 6.41. The number of unbranched alkanes of at least 4 members (excludes halogenated alkanes) is 3. The summed E-state index contributed by atoms with van der Waals surface area (Å²) in [7, 11) is -1.26. The standard InChI is InChI=1S/C23H38N4O4S/c1-15-12-19(20(25)28)27(14-15)22(30)18(24)9-7-5-3-4-6-8-16-13-17(16)21(29)26-32(31)23(2)10-11-23/h6,8,15-19H,3-5,7,9-14,24H2,1-2H3,(H2,25,28)(H,26,29)/b8-6-/t15-,16-,17+,18+,19+,32?/m1/s1. The molecule has 3 aliphatic rings. The maximum Gasteiger partial charge on any atom is 0.240 e. The van der Waals surface area contributed by atoms with Crippen molar-refractivity contribution in [1.29, 1.82) is 0 Å². The number of nitrogens with zero attached hydrogens (tertiary/aromatic N) is 1. The van der Waals surface area contributed by atoms with E-state index < -0.39 is 29.0 Å². The van der Waals surface area contributed by atoms with E-state index in [0.29, 0.717) is 19.4 Å². The zero-order valence-electron chi connectivity index (χ0n) is 19.3. The lowest BCUT2D eigenvalue weighted by atomic mass is 10.1. The smallest absolute Gasteiger partial charge is 0.240 e. The van der Waals surface area contributed by atoms with Crippen LogP contribution in [0.2, 0.25) is 0 Å². The first-order valence-electron chi connectivity index (χ1n) is 11.9. The van der Waals surface area contributed by atoms with Gasteiger partial charge in [-0.15, -0.1) is 0 Å². The van der Waals surface area contributed by atoms with Crippen LogP contribution in [-0.2, 0) is 25.4 Å². The van der Waals surface area contributed by atoms with Crippen molar-refractivity contribution in [2.75, 3.05) is 6.54 Å². The first kappa shape index (κ1) is 24.9. The van der Waals surface area contributed by atoms with Crippen molar-refractivity contribution >= 4 is 28.7 Å². The van der Waals surface area contributed by atoms with Crippen LogP contribution in [0, 0.1) is 17.8 Å². The summed E-state index contributed by atoms with van der Waals surface area (Å²) in [5.41, 5.74) is 11.5. The van der Waals surface area contributed by atoms with Crippen molar-refractivity contribution in [2.45, 2.75) is 88.5 Å². The Morgan fingerprint density at radius 2 is 1.94 bits per heavy atom. The Balaban J connectivity index is 1.26. The predicted octanol–water partition coefficient (Wildman–Crippen LogP) is 1.51. The number of rotatable bonds is 12. The van der Waals surface area contributed by atoms with Crippen molar-refractivity contribution in [2.24, 2.45) is 29.2 Å². The van der Waals surface area contributed by atoms with Gasteiger partial charge in [-0.25, -0.2) is 4.21 Å². The molecule has 3 amide bonds. The molecule has 1 unspecified atom stereocenters. The predicted molar refractivity (Wildman–Crippen MR) is 124 cm³/mol. The highest BCUT2D eigenvalue weighted by atomic mass is 32.2. The van der Waals surface area contributed by atoms with E-state index in [9.17, 15) is 18.6 Å². The minimum Gasteiger partial charge on any atom is -0.368 e. The average Bonchev–Trinajstić information content (AvgIpc) is 3.64. The van der Waals surface area contributed by atoms with Gasteiger partial charge in [-0.3, -0.25) is 19.1 Å². The number of allylic oxidation sites excluding steroid dienone is 2. The van der Waals surface area contributed by atoms with Crippen LogP contribution >= 0.6 is 0 Å². The number of carbonyl (C=O) groups is 3. The van der Waals surface area contributed by atoms with Crippen LogP contribution in [0.1, 0.15) is 71.6 Å². The molecule has 0 aromatic rings. The molecule has 1 saturated heterocycles. The molecule has 2 aliphatic carbocycles. The van der Waals surface area contributed by atoms with Gasteiger partial charge >= 0.3 is 0 Å². The summed E-state index contributed by atoms with van der Waals surface area (Å²) in [6.07, 6.45) is 11.8. The Morgan fingerprint density at radius 1 is 1.22 bits per heavy atom. The van der Waals surface area contributed by atoms with Crippen molar-refractivity contribution < 1.29 is 18.6 Å². The first-order chi connectivity index (χ1) is 15.1. The van der Waals surface area contributed by atoms with Gasteiger partial charge < -0.3 is 16.4 Å². The molecular formula is C23H38N4O4S. The molecule has 0 bridgehead atoms. The maximum absolute atomic E-state index is 12.6. The van der Waals surface area contributed by atoms with Gasteiger partial charge in [-0.1, -0.05) is 31.9 Å². The Bertz CT molecular complexity index is 782. The number of amides is 3. The molecule has 180 valence electrons. The topological polar surface area (TPSA) is 136 Å². The fraction of sp³-hybridized carbons (Fsp3) is 0.783.